The Morgan fingerprint density at radius 2 is 1.96 bits per heavy atom. The molecule has 1 atom stereocenters. The van der Waals surface area contributed by atoms with Crippen LogP contribution < -0.4 is 5.32 Å². The average Bonchev–Trinajstić information content (AvgIpc) is 2.89. The van der Waals surface area contributed by atoms with Crippen molar-refractivity contribution in [1.82, 2.24) is 10.2 Å². The van der Waals surface area contributed by atoms with Gasteiger partial charge in [0.1, 0.15) is 0 Å². The van der Waals surface area contributed by atoms with Crippen LogP contribution in [-0.2, 0) is 9.47 Å². The molecule has 1 unspecified atom stereocenters. The van der Waals surface area contributed by atoms with Gasteiger partial charge in [-0.25, -0.2) is 0 Å². The van der Waals surface area contributed by atoms with Crippen molar-refractivity contribution in [1.29, 1.82) is 0 Å². The van der Waals surface area contributed by atoms with Crippen LogP contribution in [0.4, 0.5) is 0 Å². The molecule has 2 rings (SSSR count). The number of aliphatic imine (C=N–C) groups is 1. The fourth-order valence-electron chi connectivity index (χ4n) is 3.63. The first-order valence-electron chi connectivity index (χ1n) is 9.04. The lowest BCUT2D eigenvalue weighted by Crippen LogP contribution is -2.43. The van der Waals surface area contributed by atoms with Crippen LogP contribution in [0.3, 0.4) is 0 Å². The number of methoxy groups -OCH3 is 1. The van der Waals surface area contributed by atoms with E-state index < -0.39 is 0 Å². The number of hydrogen-bond acceptors (Lipinski definition) is 3. The van der Waals surface area contributed by atoms with Crippen molar-refractivity contribution in [2.45, 2.75) is 53.1 Å². The predicted octanol–water partition coefficient (Wildman–Crippen LogP) is 3.13. The van der Waals surface area contributed by atoms with Gasteiger partial charge in [-0.2, -0.15) is 0 Å². The Hall–Kier alpha value is -0.0800. The third-order valence-electron chi connectivity index (χ3n) is 5.28. The molecule has 24 heavy (non-hydrogen) atoms. The molecule has 2 aliphatic rings. The highest BCUT2D eigenvalue weighted by Gasteiger charge is 2.40. The summed E-state index contributed by atoms with van der Waals surface area (Å²) >= 11 is 0. The number of hydrogen-bond donors (Lipinski definition) is 1. The fraction of sp³-hybridized carbons (Fsp3) is 0.944. The van der Waals surface area contributed by atoms with Gasteiger partial charge in [0, 0.05) is 40.0 Å². The minimum Gasteiger partial charge on any atom is -0.381 e. The van der Waals surface area contributed by atoms with Crippen LogP contribution in [-0.4, -0.2) is 63.5 Å². The highest BCUT2D eigenvalue weighted by atomic mass is 127. The number of nitrogens with zero attached hydrogens (tertiary/aromatic N) is 2. The van der Waals surface area contributed by atoms with E-state index >= 15 is 0 Å². The maximum atomic E-state index is 5.65. The lowest BCUT2D eigenvalue weighted by Gasteiger charge is -2.34. The first-order chi connectivity index (χ1) is 10.9. The molecule has 2 heterocycles. The van der Waals surface area contributed by atoms with Crippen LogP contribution in [0.15, 0.2) is 4.99 Å². The average molecular weight is 453 g/mol. The standard InChI is InChI=1S/C18H35N3O2.HI/c1-6-19-16(20-13-15(22-5)17(2,3)4)21-10-7-18(14-21)8-11-23-12-9-18;/h15H,6-14H2,1-5H3,(H,19,20);1H. The Labute approximate surface area is 165 Å². The normalized spacial score (nSPS) is 22.4. The highest BCUT2D eigenvalue weighted by Crippen LogP contribution is 2.39. The van der Waals surface area contributed by atoms with Gasteiger partial charge in [0.2, 0.25) is 0 Å². The van der Waals surface area contributed by atoms with Crippen LogP contribution in [0.5, 0.6) is 0 Å². The number of guanidine groups is 1. The van der Waals surface area contributed by atoms with E-state index in [1.165, 1.54) is 19.3 Å². The number of halogens is 1. The molecule has 0 bridgehead atoms. The summed E-state index contributed by atoms with van der Waals surface area (Å²) in [4.78, 5) is 7.32. The summed E-state index contributed by atoms with van der Waals surface area (Å²) in [6.45, 7) is 14.4. The number of ether oxygens (including phenoxy) is 2. The van der Waals surface area contributed by atoms with Crippen molar-refractivity contribution < 1.29 is 9.47 Å². The second kappa shape index (κ2) is 9.57. The van der Waals surface area contributed by atoms with Crippen LogP contribution >= 0.6 is 24.0 Å². The maximum Gasteiger partial charge on any atom is 0.194 e. The van der Waals surface area contributed by atoms with Gasteiger partial charge in [-0.1, -0.05) is 20.8 Å². The van der Waals surface area contributed by atoms with Crippen LogP contribution in [0.1, 0.15) is 47.0 Å². The van der Waals surface area contributed by atoms with E-state index in [2.05, 4.69) is 37.9 Å². The summed E-state index contributed by atoms with van der Waals surface area (Å²) in [5.41, 5.74) is 0.543. The largest absolute Gasteiger partial charge is 0.381 e. The molecule has 1 N–H and O–H groups in total. The molecular formula is C18H36IN3O2. The van der Waals surface area contributed by atoms with Crippen LogP contribution in [0, 0.1) is 10.8 Å². The third kappa shape index (κ3) is 5.73. The van der Waals surface area contributed by atoms with Gasteiger partial charge < -0.3 is 19.7 Å². The van der Waals surface area contributed by atoms with Crippen molar-refractivity contribution >= 4 is 29.9 Å². The molecule has 0 saturated carbocycles. The first-order valence-corrected chi connectivity index (χ1v) is 9.04. The lowest BCUT2D eigenvalue weighted by atomic mass is 9.80. The fourth-order valence-corrected chi connectivity index (χ4v) is 3.63. The molecule has 6 heteroatoms. The maximum absolute atomic E-state index is 5.65. The molecule has 5 nitrogen and oxygen atoms in total. The van der Waals surface area contributed by atoms with Gasteiger partial charge in [-0.05, 0) is 37.0 Å². The Morgan fingerprint density at radius 3 is 2.50 bits per heavy atom. The van der Waals surface area contributed by atoms with E-state index in [1.54, 1.807) is 7.11 Å². The molecule has 1 spiro atoms. The van der Waals surface area contributed by atoms with E-state index in [9.17, 15) is 0 Å². The summed E-state index contributed by atoms with van der Waals surface area (Å²) in [6, 6.07) is 0. The lowest BCUT2D eigenvalue weighted by molar-refractivity contribution is 0.0211. The zero-order chi connectivity index (χ0) is 16.9. The second-order valence-electron chi connectivity index (χ2n) is 8.07. The van der Waals surface area contributed by atoms with Crippen molar-refractivity contribution in [2.24, 2.45) is 15.8 Å². The Bertz CT molecular complexity index is 404. The van der Waals surface area contributed by atoms with Crippen molar-refractivity contribution in [3.63, 3.8) is 0 Å². The topological polar surface area (TPSA) is 46.1 Å². The summed E-state index contributed by atoms with van der Waals surface area (Å²) in [7, 11) is 1.78. The van der Waals surface area contributed by atoms with E-state index in [0.29, 0.717) is 12.0 Å². The zero-order valence-electron chi connectivity index (χ0n) is 16.1. The summed E-state index contributed by atoms with van der Waals surface area (Å²) in [5.74, 6) is 1.04. The quantitative estimate of drug-likeness (QED) is 0.404. The smallest absolute Gasteiger partial charge is 0.194 e. The molecular weight excluding hydrogens is 417 g/mol. The van der Waals surface area contributed by atoms with Crippen molar-refractivity contribution in [3.05, 3.63) is 0 Å². The first kappa shape index (κ1) is 22.0. The molecule has 0 amide bonds. The van der Waals surface area contributed by atoms with Gasteiger partial charge in [-0.15, -0.1) is 24.0 Å². The Balaban J connectivity index is 0.00000288. The molecule has 2 aliphatic heterocycles. The number of rotatable bonds is 4. The number of nitrogens with one attached hydrogen (secondary N) is 1. The SMILES string of the molecule is CCNC(=NCC(OC)C(C)(C)C)N1CCC2(CCOCC2)C1.I. The minimum atomic E-state index is 0. The van der Waals surface area contributed by atoms with Crippen molar-refractivity contribution in [3.8, 4) is 0 Å². The predicted molar refractivity (Wildman–Crippen MR) is 110 cm³/mol. The second-order valence-corrected chi connectivity index (χ2v) is 8.07. The van der Waals surface area contributed by atoms with Gasteiger partial charge in [-0.3, -0.25) is 4.99 Å². The third-order valence-corrected chi connectivity index (χ3v) is 5.28. The van der Waals surface area contributed by atoms with Gasteiger partial charge in [0.25, 0.3) is 0 Å². The highest BCUT2D eigenvalue weighted by molar-refractivity contribution is 14.0. The molecule has 0 aliphatic carbocycles. The minimum absolute atomic E-state index is 0. The molecule has 142 valence electrons. The monoisotopic (exact) mass is 453 g/mol. The van der Waals surface area contributed by atoms with Crippen LogP contribution in [0.2, 0.25) is 0 Å². The summed E-state index contributed by atoms with van der Waals surface area (Å²) in [5, 5.41) is 3.47. The van der Waals surface area contributed by atoms with Gasteiger partial charge in [0.15, 0.2) is 5.96 Å². The molecule has 0 aromatic carbocycles. The molecule has 0 aromatic heterocycles. The van der Waals surface area contributed by atoms with E-state index in [0.717, 1.165) is 38.8 Å². The van der Waals surface area contributed by atoms with Crippen molar-refractivity contribution in [2.75, 3.05) is 46.5 Å². The molecule has 0 aromatic rings. The van der Waals surface area contributed by atoms with Crippen LogP contribution in [0.25, 0.3) is 0 Å². The Morgan fingerprint density at radius 1 is 1.29 bits per heavy atom. The Kier molecular flexibility index (Phi) is 8.76. The van der Waals surface area contributed by atoms with Gasteiger partial charge >= 0.3 is 0 Å². The van der Waals surface area contributed by atoms with E-state index in [1.807, 2.05) is 0 Å². The molecule has 0 radical (unpaired) electrons. The molecule has 2 fully saturated rings. The van der Waals surface area contributed by atoms with E-state index in [4.69, 9.17) is 14.5 Å². The van der Waals surface area contributed by atoms with E-state index in [-0.39, 0.29) is 35.5 Å². The van der Waals surface area contributed by atoms with Gasteiger partial charge in [0.05, 0.1) is 12.6 Å². The number of likely N-dealkylation sites (tertiary alicyclic amines) is 1. The zero-order valence-corrected chi connectivity index (χ0v) is 18.4. The summed E-state index contributed by atoms with van der Waals surface area (Å²) < 4.78 is 11.2. The summed E-state index contributed by atoms with van der Waals surface area (Å²) in [6.07, 6.45) is 3.76. The molecule has 2 saturated heterocycles.